The van der Waals surface area contributed by atoms with Crippen LogP contribution >= 0.6 is 0 Å². The maximum Gasteiger partial charge on any atom is 0.145 e. The molecule has 0 fully saturated rings. The smallest absolute Gasteiger partial charge is 0.145 e. The number of hydrogen-bond donors (Lipinski definition) is 0. The van der Waals surface area contributed by atoms with Crippen molar-refractivity contribution in [2.45, 2.75) is 0 Å². The molecule has 430 valence electrons. The molecule has 0 saturated heterocycles. The normalized spacial score (nSPS) is 11.9. The molecule has 0 spiro atoms. The average molecular weight is 1180 g/mol. The summed E-state index contributed by atoms with van der Waals surface area (Å²) in [5.74, 6) is 0. The van der Waals surface area contributed by atoms with Gasteiger partial charge in [-0.05, 0) is 159 Å². The first-order valence-electron chi connectivity index (χ1n) is 31.7. The van der Waals surface area contributed by atoms with Crippen LogP contribution in [0.4, 0.5) is 17.1 Å². The van der Waals surface area contributed by atoms with Gasteiger partial charge in [0.2, 0.25) is 0 Å². The van der Waals surface area contributed by atoms with E-state index >= 15 is 0 Å². The Labute approximate surface area is 534 Å². The van der Waals surface area contributed by atoms with Crippen molar-refractivity contribution in [2.75, 3.05) is 4.90 Å². The van der Waals surface area contributed by atoms with E-state index < -0.39 is 0 Å². The predicted molar refractivity (Wildman–Crippen MR) is 390 cm³/mol. The van der Waals surface area contributed by atoms with Crippen LogP contribution in [0.1, 0.15) is 5.56 Å². The van der Waals surface area contributed by atoms with Crippen molar-refractivity contribution < 1.29 is 8.83 Å². The SMILES string of the molecule is N#Cc1cc2c(N(c3ccc4ccccc4c3)c3cc4ccccc4c4cc(-c5ccc6ccc7ccccc7c6c5)ccc34)c(-c3ccccc3)c3cc(-c4ccccc4-c4ccccc4)c4oc5ccc(-c6ccccc6)cc5c4c3c2c2oc3ccccc3c12. The highest BCUT2D eigenvalue weighted by Crippen LogP contribution is 2.58. The Kier molecular flexibility index (Phi) is 11.7. The molecule has 0 radical (unpaired) electrons. The number of anilines is 3. The second-order valence-corrected chi connectivity index (χ2v) is 24.5. The van der Waals surface area contributed by atoms with Crippen LogP contribution in [0.2, 0.25) is 0 Å². The fourth-order valence-electron chi connectivity index (χ4n) is 15.2. The van der Waals surface area contributed by atoms with Gasteiger partial charge in [0.1, 0.15) is 22.3 Å². The minimum Gasteiger partial charge on any atom is -0.455 e. The zero-order chi connectivity index (χ0) is 61.3. The third-order valence-corrected chi connectivity index (χ3v) is 19.4. The Morgan fingerprint density at radius 2 is 0.806 bits per heavy atom. The maximum atomic E-state index is 11.8. The van der Waals surface area contributed by atoms with Gasteiger partial charge in [-0.15, -0.1) is 0 Å². The highest BCUT2D eigenvalue weighted by molar-refractivity contribution is 6.40. The molecule has 2 aromatic heterocycles. The van der Waals surface area contributed by atoms with Crippen LogP contribution in [-0.4, -0.2) is 0 Å². The first-order valence-corrected chi connectivity index (χ1v) is 31.7. The van der Waals surface area contributed by atoms with E-state index in [1.807, 2.05) is 18.2 Å². The van der Waals surface area contributed by atoms with Crippen molar-refractivity contribution in [1.29, 1.82) is 5.26 Å². The molecule has 2 heterocycles. The molecule has 0 aliphatic rings. The lowest BCUT2D eigenvalue weighted by Gasteiger charge is -2.32. The minimum atomic E-state index is 0.518. The summed E-state index contributed by atoms with van der Waals surface area (Å²) >= 11 is 0. The molecule has 93 heavy (non-hydrogen) atoms. The predicted octanol–water partition coefficient (Wildman–Crippen LogP) is 25.2. The molecule has 4 heteroatoms. The number of rotatable bonds is 8. The lowest BCUT2D eigenvalue weighted by molar-refractivity contribution is 0.670. The molecule has 19 rings (SSSR count). The summed E-state index contributed by atoms with van der Waals surface area (Å²) in [5, 5.41) is 30.6. The first kappa shape index (κ1) is 52.4. The van der Waals surface area contributed by atoms with Crippen molar-refractivity contribution >= 4 is 136 Å². The van der Waals surface area contributed by atoms with E-state index in [0.29, 0.717) is 16.7 Å². The third kappa shape index (κ3) is 8.17. The van der Waals surface area contributed by atoms with E-state index in [0.717, 1.165) is 159 Å². The van der Waals surface area contributed by atoms with E-state index in [-0.39, 0.29) is 0 Å². The molecular formula is C89H52N2O2. The number of nitrogens with zero attached hydrogens (tertiary/aromatic N) is 2. The van der Waals surface area contributed by atoms with E-state index in [4.69, 9.17) is 8.83 Å². The molecule has 0 unspecified atom stereocenters. The highest BCUT2D eigenvalue weighted by Gasteiger charge is 2.32. The van der Waals surface area contributed by atoms with E-state index in [9.17, 15) is 5.26 Å². The number of para-hydroxylation sites is 1. The van der Waals surface area contributed by atoms with Crippen LogP contribution in [0.25, 0.3) is 175 Å². The summed E-state index contributed by atoms with van der Waals surface area (Å²) in [5.41, 5.74) is 16.8. The van der Waals surface area contributed by atoms with Gasteiger partial charge in [-0.3, -0.25) is 0 Å². The van der Waals surface area contributed by atoms with Crippen molar-refractivity contribution in [3.8, 4) is 61.7 Å². The minimum absolute atomic E-state index is 0.518. The number of benzene rings is 17. The van der Waals surface area contributed by atoms with Gasteiger partial charge in [0, 0.05) is 59.9 Å². The number of hydrogen-bond acceptors (Lipinski definition) is 4. The molecule has 0 amide bonds. The fraction of sp³-hybridized carbons (Fsp3) is 0. The standard InChI is InChI=1S/C89H52N2O2/c90-53-65-50-78-86(89-83(65)72-34-18-19-35-80(72)93-89)84-77(52-75(70-33-17-16-30-67(70)56-23-6-2-7-24-56)88-85(84)76-49-61(42-45-81(76)92-88)54-20-4-1-5-21-54)82(59-26-8-3-9-27-59)87(78)91(66-43-40-55-22-10-11-28-60(55)46-66)79-51-64-29-13-15-32-69(64)74-48-63(41-44-71(74)79)62-39-38-58-37-36-57-25-12-14-31-68(57)73(58)47-62/h1-52H. The number of nitriles is 1. The van der Waals surface area contributed by atoms with Gasteiger partial charge in [0.15, 0.2) is 0 Å². The largest absolute Gasteiger partial charge is 0.455 e. The van der Waals surface area contributed by atoms with Crippen LogP contribution in [-0.2, 0) is 0 Å². The zero-order valence-electron chi connectivity index (χ0n) is 50.2. The third-order valence-electron chi connectivity index (χ3n) is 19.4. The average Bonchev–Trinajstić information content (AvgIpc) is 1.66. The van der Waals surface area contributed by atoms with Gasteiger partial charge in [-0.1, -0.05) is 255 Å². The van der Waals surface area contributed by atoms with Crippen LogP contribution in [0, 0.1) is 11.3 Å². The van der Waals surface area contributed by atoms with Crippen LogP contribution < -0.4 is 4.90 Å². The van der Waals surface area contributed by atoms with Crippen LogP contribution in [0.3, 0.4) is 0 Å². The fourth-order valence-corrected chi connectivity index (χ4v) is 15.2. The summed E-state index contributed by atoms with van der Waals surface area (Å²) in [6, 6.07) is 117. The molecular weight excluding hydrogens is 1130 g/mol. The summed E-state index contributed by atoms with van der Waals surface area (Å²) in [4.78, 5) is 2.51. The van der Waals surface area contributed by atoms with Crippen molar-refractivity contribution in [3.63, 3.8) is 0 Å². The molecule has 0 N–H and O–H groups in total. The molecule has 0 bridgehead atoms. The van der Waals surface area contributed by atoms with Crippen molar-refractivity contribution in [2.24, 2.45) is 0 Å². The monoisotopic (exact) mass is 1180 g/mol. The Hall–Kier alpha value is -12.6. The Morgan fingerprint density at radius 1 is 0.269 bits per heavy atom. The second kappa shape index (κ2) is 20.8. The lowest BCUT2D eigenvalue weighted by Crippen LogP contribution is -2.13. The number of furan rings is 2. The van der Waals surface area contributed by atoms with E-state index in [1.165, 1.54) is 21.5 Å². The molecule has 19 aromatic rings. The van der Waals surface area contributed by atoms with Gasteiger partial charge >= 0.3 is 0 Å². The van der Waals surface area contributed by atoms with Gasteiger partial charge in [-0.2, -0.15) is 5.26 Å². The second-order valence-electron chi connectivity index (χ2n) is 24.5. The first-order chi connectivity index (χ1) is 46.1. The molecule has 0 aliphatic carbocycles. The van der Waals surface area contributed by atoms with Crippen molar-refractivity contribution in [1.82, 2.24) is 0 Å². The highest BCUT2D eigenvalue weighted by atomic mass is 16.3. The van der Waals surface area contributed by atoms with Gasteiger partial charge in [-0.25, -0.2) is 0 Å². The topological polar surface area (TPSA) is 53.3 Å². The summed E-state index contributed by atoms with van der Waals surface area (Å²) in [7, 11) is 0. The van der Waals surface area contributed by atoms with E-state index in [1.54, 1.807) is 0 Å². The lowest BCUT2D eigenvalue weighted by atomic mass is 9.83. The Balaban J connectivity index is 1.03. The number of fused-ring (bicyclic) bond motifs is 18. The van der Waals surface area contributed by atoms with Gasteiger partial charge < -0.3 is 13.7 Å². The summed E-state index contributed by atoms with van der Waals surface area (Å²) in [6.45, 7) is 0. The van der Waals surface area contributed by atoms with Gasteiger partial charge in [0.05, 0.1) is 23.0 Å². The quantitative estimate of drug-likeness (QED) is 0.142. The molecule has 4 nitrogen and oxygen atoms in total. The Morgan fingerprint density at radius 3 is 1.58 bits per heavy atom. The van der Waals surface area contributed by atoms with Crippen LogP contribution in [0.5, 0.6) is 0 Å². The molecule has 17 aromatic carbocycles. The van der Waals surface area contributed by atoms with Crippen molar-refractivity contribution in [3.05, 3.63) is 321 Å². The molecule has 0 atom stereocenters. The summed E-state index contributed by atoms with van der Waals surface area (Å²) in [6.07, 6.45) is 0. The Bertz CT molecular complexity index is 6370. The summed E-state index contributed by atoms with van der Waals surface area (Å²) < 4.78 is 14.9. The molecule has 0 aliphatic heterocycles. The van der Waals surface area contributed by atoms with Gasteiger partial charge in [0.25, 0.3) is 0 Å². The van der Waals surface area contributed by atoms with E-state index in [2.05, 4.69) is 308 Å². The maximum absolute atomic E-state index is 11.8. The zero-order valence-corrected chi connectivity index (χ0v) is 50.2. The molecule has 0 saturated carbocycles. The van der Waals surface area contributed by atoms with Crippen LogP contribution in [0.15, 0.2) is 324 Å².